The third kappa shape index (κ3) is 4.18. The molecule has 1 aliphatic heterocycles. The van der Waals surface area contributed by atoms with Gasteiger partial charge in [0.25, 0.3) is 5.91 Å². The van der Waals surface area contributed by atoms with E-state index in [4.69, 9.17) is 4.99 Å². The summed E-state index contributed by atoms with van der Waals surface area (Å²) in [6.07, 6.45) is 4.71. The Morgan fingerprint density at radius 2 is 1.71 bits per heavy atom. The number of aliphatic imine (C=N–C) groups is 1. The first-order valence-electron chi connectivity index (χ1n) is 10.2. The van der Waals surface area contributed by atoms with Crippen molar-refractivity contribution in [3.05, 3.63) is 107 Å². The van der Waals surface area contributed by atoms with Crippen LogP contribution in [0.4, 0.5) is 5.69 Å². The maximum atomic E-state index is 13.3. The van der Waals surface area contributed by atoms with E-state index in [9.17, 15) is 4.79 Å². The molecule has 3 aromatic carbocycles. The zero-order valence-electron chi connectivity index (χ0n) is 16.9. The number of para-hydroxylation sites is 1. The average Bonchev–Trinajstić information content (AvgIpc) is 3.39. The van der Waals surface area contributed by atoms with E-state index in [0.717, 1.165) is 33.7 Å². The number of carbonyl (C=O) groups is 1. The molecule has 4 aromatic rings. The lowest BCUT2D eigenvalue weighted by atomic mass is 10.1. The highest BCUT2D eigenvalue weighted by molar-refractivity contribution is 8.19. The van der Waals surface area contributed by atoms with Gasteiger partial charge in [-0.25, -0.2) is 0 Å². The van der Waals surface area contributed by atoms with Crippen LogP contribution in [0, 0.1) is 0 Å². The van der Waals surface area contributed by atoms with Crippen LogP contribution in [-0.4, -0.2) is 22.6 Å². The quantitative estimate of drug-likeness (QED) is 0.407. The molecule has 2 heterocycles. The van der Waals surface area contributed by atoms with Crippen molar-refractivity contribution in [2.45, 2.75) is 6.42 Å². The van der Waals surface area contributed by atoms with Crippen LogP contribution in [0.25, 0.3) is 17.0 Å². The van der Waals surface area contributed by atoms with Crippen molar-refractivity contribution in [1.82, 2.24) is 4.98 Å². The number of benzene rings is 3. The number of rotatable bonds is 5. The number of amides is 1. The fraction of sp³-hybridized carbons (Fsp3) is 0.0769. The summed E-state index contributed by atoms with van der Waals surface area (Å²) in [6.45, 7) is 0.631. The number of nitrogens with one attached hydrogen (secondary N) is 1. The van der Waals surface area contributed by atoms with E-state index in [-0.39, 0.29) is 5.91 Å². The van der Waals surface area contributed by atoms with Crippen molar-refractivity contribution in [2.75, 3.05) is 11.4 Å². The minimum atomic E-state index is -0.0381. The molecule has 1 aliphatic rings. The summed E-state index contributed by atoms with van der Waals surface area (Å²) in [7, 11) is 0. The fourth-order valence-electron chi connectivity index (χ4n) is 3.62. The molecule has 1 amide bonds. The zero-order valence-corrected chi connectivity index (χ0v) is 17.7. The largest absolute Gasteiger partial charge is 0.361 e. The van der Waals surface area contributed by atoms with E-state index in [0.29, 0.717) is 11.4 Å². The number of hydrogen-bond acceptors (Lipinski definition) is 3. The molecule has 1 saturated heterocycles. The Kier molecular flexibility index (Phi) is 5.42. The molecule has 0 radical (unpaired) electrons. The van der Waals surface area contributed by atoms with E-state index >= 15 is 0 Å². The van der Waals surface area contributed by atoms with Gasteiger partial charge in [0.05, 0.1) is 10.6 Å². The SMILES string of the molecule is O=C1C(=Cc2ccc3[nH]ccc3c2)SC(=NCCc2ccccc2)N1c1ccccc1. The number of fused-ring (bicyclic) bond motifs is 1. The Balaban J connectivity index is 1.45. The second-order valence-electron chi connectivity index (χ2n) is 7.31. The van der Waals surface area contributed by atoms with Gasteiger partial charge in [0, 0.05) is 18.3 Å². The van der Waals surface area contributed by atoms with Crippen molar-refractivity contribution >= 4 is 45.5 Å². The number of aromatic amines is 1. The van der Waals surface area contributed by atoms with E-state index in [2.05, 4.69) is 23.2 Å². The van der Waals surface area contributed by atoms with Gasteiger partial charge in [-0.15, -0.1) is 0 Å². The summed E-state index contributed by atoms with van der Waals surface area (Å²) in [5.41, 5.74) is 4.16. The number of hydrogen-bond donors (Lipinski definition) is 1. The van der Waals surface area contributed by atoms with Crippen molar-refractivity contribution < 1.29 is 4.79 Å². The summed E-state index contributed by atoms with van der Waals surface area (Å²) >= 11 is 1.44. The fourth-order valence-corrected chi connectivity index (χ4v) is 4.63. The first kappa shape index (κ1) is 19.4. The second kappa shape index (κ2) is 8.66. The molecule has 1 aromatic heterocycles. The third-order valence-corrected chi connectivity index (χ3v) is 6.19. The van der Waals surface area contributed by atoms with Crippen molar-refractivity contribution in [2.24, 2.45) is 4.99 Å². The van der Waals surface area contributed by atoms with Crippen LogP contribution >= 0.6 is 11.8 Å². The topological polar surface area (TPSA) is 48.5 Å². The van der Waals surface area contributed by atoms with Gasteiger partial charge in [0.15, 0.2) is 5.17 Å². The molecule has 5 rings (SSSR count). The summed E-state index contributed by atoms with van der Waals surface area (Å²) in [6, 6.07) is 28.2. The van der Waals surface area contributed by atoms with Gasteiger partial charge in [0.1, 0.15) is 0 Å². The standard InChI is InChI=1S/C26H21N3OS/c30-25-24(18-20-11-12-23-21(17-20)14-16-27-23)31-26(29(25)22-9-5-2-6-10-22)28-15-13-19-7-3-1-4-8-19/h1-12,14,16-18,27H,13,15H2. The van der Waals surface area contributed by atoms with Gasteiger partial charge in [-0.1, -0.05) is 54.6 Å². The zero-order chi connectivity index (χ0) is 21.0. The number of aromatic nitrogens is 1. The van der Waals surface area contributed by atoms with Crippen LogP contribution < -0.4 is 4.90 Å². The van der Waals surface area contributed by atoms with Gasteiger partial charge in [-0.2, -0.15) is 0 Å². The smallest absolute Gasteiger partial charge is 0.271 e. The van der Waals surface area contributed by atoms with Crippen molar-refractivity contribution in [3.63, 3.8) is 0 Å². The number of anilines is 1. The number of H-pyrrole nitrogens is 1. The number of nitrogens with zero attached hydrogens (tertiary/aromatic N) is 2. The maximum Gasteiger partial charge on any atom is 0.271 e. The van der Waals surface area contributed by atoms with Gasteiger partial charge < -0.3 is 4.98 Å². The molecule has 0 saturated carbocycles. The Bertz CT molecular complexity index is 1280. The van der Waals surface area contributed by atoms with Crippen molar-refractivity contribution in [1.29, 1.82) is 0 Å². The monoisotopic (exact) mass is 423 g/mol. The first-order chi connectivity index (χ1) is 15.3. The molecular formula is C26H21N3OS. The first-order valence-corrected chi connectivity index (χ1v) is 11.0. The number of amidine groups is 1. The maximum absolute atomic E-state index is 13.3. The molecule has 0 spiro atoms. The van der Waals surface area contributed by atoms with Crippen LogP contribution in [0.3, 0.4) is 0 Å². The highest BCUT2D eigenvalue weighted by atomic mass is 32.2. The third-order valence-electron chi connectivity index (χ3n) is 5.19. The van der Waals surface area contributed by atoms with Gasteiger partial charge >= 0.3 is 0 Å². The molecule has 0 unspecified atom stereocenters. The molecule has 0 atom stereocenters. The van der Waals surface area contributed by atoms with Crippen molar-refractivity contribution in [3.8, 4) is 0 Å². The Morgan fingerprint density at radius 3 is 2.52 bits per heavy atom. The predicted molar refractivity (Wildman–Crippen MR) is 130 cm³/mol. The minimum Gasteiger partial charge on any atom is -0.361 e. The Morgan fingerprint density at radius 1 is 0.935 bits per heavy atom. The summed E-state index contributed by atoms with van der Waals surface area (Å²) < 4.78 is 0. The molecule has 152 valence electrons. The molecule has 1 fully saturated rings. The minimum absolute atomic E-state index is 0.0381. The lowest BCUT2D eigenvalue weighted by molar-refractivity contribution is -0.113. The van der Waals surface area contributed by atoms with E-state index in [1.807, 2.05) is 79.0 Å². The normalized spacial score (nSPS) is 16.6. The van der Waals surface area contributed by atoms with Crippen LogP contribution in [0.1, 0.15) is 11.1 Å². The number of thioether (sulfide) groups is 1. The van der Waals surface area contributed by atoms with Crippen LogP contribution in [-0.2, 0) is 11.2 Å². The Labute approximate surface area is 185 Å². The summed E-state index contributed by atoms with van der Waals surface area (Å²) in [5, 5.41) is 1.85. The van der Waals surface area contributed by atoms with E-state index < -0.39 is 0 Å². The molecule has 1 N–H and O–H groups in total. The van der Waals surface area contributed by atoms with Gasteiger partial charge in [-0.05, 0) is 71.1 Å². The lowest BCUT2D eigenvalue weighted by Crippen LogP contribution is -2.29. The molecule has 0 aliphatic carbocycles. The van der Waals surface area contributed by atoms with Crippen LogP contribution in [0.2, 0.25) is 0 Å². The average molecular weight is 424 g/mol. The van der Waals surface area contributed by atoms with E-state index in [1.165, 1.54) is 17.3 Å². The molecule has 5 heteroatoms. The second-order valence-corrected chi connectivity index (χ2v) is 8.32. The van der Waals surface area contributed by atoms with Gasteiger partial charge in [-0.3, -0.25) is 14.7 Å². The van der Waals surface area contributed by atoms with Crippen LogP contribution in [0.15, 0.2) is 101 Å². The highest BCUT2D eigenvalue weighted by Crippen LogP contribution is 2.36. The lowest BCUT2D eigenvalue weighted by Gasteiger charge is -2.15. The molecular weight excluding hydrogens is 402 g/mol. The van der Waals surface area contributed by atoms with E-state index in [1.54, 1.807) is 4.90 Å². The highest BCUT2D eigenvalue weighted by Gasteiger charge is 2.34. The summed E-state index contributed by atoms with van der Waals surface area (Å²) in [5.74, 6) is -0.0381. The summed E-state index contributed by atoms with van der Waals surface area (Å²) in [4.78, 5) is 23.7. The molecule has 31 heavy (non-hydrogen) atoms. The molecule has 0 bridgehead atoms. The van der Waals surface area contributed by atoms with Gasteiger partial charge in [0.2, 0.25) is 0 Å². The number of carbonyl (C=O) groups excluding carboxylic acids is 1. The molecule has 4 nitrogen and oxygen atoms in total. The predicted octanol–water partition coefficient (Wildman–Crippen LogP) is 5.89. The van der Waals surface area contributed by atoms with Crippen LogP contribution in [0.5, 0.6) is 0 Å². The Hall–Kier alpha value is -3.57.